The minimum atomic E-state index is 0.320. The lowest BCUT2D eigenvalue weighted by Gasteiger charge is -2.34. The maximum Gasteiger partial charge on any atom is 0.0708 e. The van der Waals surface area contributed by atoms with Crippen molar-refractivity contribution >= 4 is 46.0 Å². The fourth-order valence-electron chi connectivity index (χ4n) is 8.28. The Balaban J connectivity index is 1.13. The van der Waals surface area contributed by atoms with Gasteiger partial charge in [-0.3, -0.25) is 4.99 Å². The second-order valence-corrected chi connectivity index (χ2v) is 13.5. The average molecular weight is 604 g/mol. The number of benzene rings is 5. The van der Waals surface area contributed by atoms with E-state index in [9.17, 15) is 0 Å². The lowest BCUT2D eigenvalue weighted by atomic mass is 9.69. The largest absolute Gasteiger partial charge is 0.252 e. The van der Waals surface area contributed by atoms with Gasteiger partial charge in [-0.15, -0.1) is 0 Å². The number of fused-ring (bicyclic) bond motifs is 2. The van der Waals surface area contributed by atoms with Crippen LogP contribution in [0.3, 0.4) is 0 Å². The summed E-state index contributed by atoms with van der Waals surface area (Å²) in [6, 6.07) is 35.6. The molecule has 0 bridgehead atoms. The first-order valence-electron chi connectivity index (χ1n) is 17.0. The summed E-state index contributed by atoms with van der Waals surface area (Å²) < 4.78 is 0. The number of para-hydroxylation sites is 1. The first kappa shape index (κ1) is 28.0. The number of aryl methyl sites for hydroxylation is 1. The van der Waals surface area contributed by atoms with Crippen molar-refractivity contribution in [3.05, 3.63) is 171 Å². The van der Waals surface area contributed by atoms with E-state index in [-0.39, 0.29) is 0 Å². The van der Waals surface area contributed by atoms with E-state index in [1.807, 2.05) is 0 Å². The van der Waals surface area contributed by atoms with Crippen LogP contribution in [0.25, 0.3) is 45.7 Å². The predicted molar refractivity (Wildman–Crippen MR) is 201 cm³/mol. The van der Waals surface area contributed by atoms with E-state index in [0.717, 1.165) is 30.7 Å². The second kappa shape index (κ2) is 11.2. The summed E-state index contributed by atoms with van der Waals surface area (Å²) in [6.07, 6.45) is 19.9. The van der Waals surface area contributed by atoms with Crippen LogP contribution in [0.15, 0.2) is 138 Å². The molecule has 5 aromatic carbocycles. The Hall–Kier alpha value is -5.27. The van der Waals surface area contributed by atoms with Gasteiger partial charge in [-0.1, -0.05) is 145 Å². The van der Waals surface area contributed by atoms with Crippen molar-refractivity contribution in [2.24, 2.45) is 10.9 Å². The highest BCUT2D eigenvalue weighted by atomic mass is 14.8. The predicted octanol–water partition coefficient (Wildman–Crippen LogP) is 12.1. The third kappa shape index (κ3) is 4.81. The number of nitrogens with zero attached hydrogens (tertiary/aromatic N) is 1. The summed E-state index contributed by atoms with van der Waals surface area (Å²) in [5, 5.41) is 2.78. The van der Waals surface area contributed by atoms with Crippen molar-refractivity contribution in [1.82, 2.24) is 0 Å². The van der Waals surface area contributed by atoms with Crippen molar-refractivity contribution in [1.29, 1.82) is 0 Å². The van der Waals surface area contributed by atoms with Gasteiger partial charge < -0.3 is 0 Å². The van der Waals surface area contributed by atoms with E-state index in [4.69, 9.17) is 4.99 Å². The van der Waals surface area contributed by atoms with Gasteiger partial charge in [0, 0.05) is 23.8 Å². The highest BCUT2D eigenvalue weighted by molar-refractivity contribution is 6.08. The van der Waals surface area contributed by atoms with Crippen LogP contribution in [0.1, 0.15) is 64.6 Å². The molecule has 1 heteroatoms. The summed E-state index contributed by atoms with van der Waals surface area (Å²) in [4.78, 5) is 5.41. The van der Waals surface area contributed by atoms with Gasteiger partial charge in [-0.25, -0.2) is 0 Å². The topological polar surface area (TPSA) is 12.4 Å². The average Bonchev–Trinajstić information content (AvgIpc) is 3.17. The normalized spacial score (nSPS) is 20.5. The molecule has 2 atom stereocenters. The zero-order chi connectivity index (χ0) is 31.5. The van der Waals surface area contributed by atoms with Crippen LogP contribution in [0.4, 0.5) is 5.69 Å². The van der Waals surface area contributed by atoms with E-state index in [1.54, 1.807) is 0 Å². The number of hydrogen-bond acceptors (Lipinski definition) is 1. The molecule has 0 aromatic heterocycles. The van der Waals surface area contributed by atoms with Crippen molar-refractivity contribution in [3.63, 3.8) is 0 Å². The van der Waals surface area contributed by atoms with E-state index >= 15 is 0 Å². The molecule has 0 radical (unpaired) electrons. The lowest BCUT2D eigenvalue weighted by Crippen LogP contribution is -2.20. The number of allylic oxidation sites excluding steroid dienone is 7. The monoisotopic (exact) mass is 603 g/mol. The summed E-state index contributed by atoms with van der Waals surface area (Å²) in [5.74, 6) is 0.643. The molecule has 0 fully saturated rings. The van der Waals surface area contributed by atoms with Crippen LogP contribution in [-0.4, -0.2) is 5.71 Å². The standard InChI is InChI=1S/C46H37N/c1-29-9-7-12-35(25-29)39-21-17-31-20-24-42-40(22-18-32-19-23-41(39)45(31)46(32)42)36-13-8-14-37(27-36)44-28-34-11-4-3-10-33(34)26-30(2)38-15-5-6-16-43(38)47-44/h3-7,9-12,14-27,40,42H,8,13,28H2,1-2H3/b30-26+,47-44?. The van der Waals surface area contributed by atoms with Gasteiger partial charge in [0.1, 0.15) is 0 Å². The Morgan fingerprint density at radius 3 is 2.45 bits per heavy atom. The third-order valence-electron chi connectivity index (χ3n) is 10.6. The molecule has 2 unspecified atom stereocenters. The van der Waals surface area contributed by atoms with Crippen molar-refractivity contribution in [2.45, 2.75) is 39.0 Å². The summed E-state index contributed by atoms with van der Waals surface area (Å²) in [7, 11) is 0. The Kier molecular flexibility index (Phi) is 6.68. The maximum atomic E-state index is 5.41. The number of hydrogen-bond donors (Lipinski definition) is 0. The molecule has 0 saturated heterocycles. The van der Waals surface area contributed by atoms with Crippen LogP contribution in [0.5, 0.6) is 0 Å². The van der Waals surface area contributed by atoms with Crippen LogP contribution in [0.2, 0.25) is 0 Å². The summed E-state index contributed by atoms with van der Waals surface area (Å²) >= 11 is 0. The smallest absolute Gasteiger partial charge is 0.0708 e. The highest BCUT2D eigenvalue weighted by Gasteiger charge is 2.32. The van der Waals surface area contributed by atoms with E-state index in [2.05, 4.69) is 153 Å². The minimum Gasteiger partial charge on any atom is -0.252 e. The molecule has 5 aromatic rings. The van der Waals surface area contributed by atoms with Crippen LogP contribution in [-0.2, 0) is 6.42 Å². The molecule has 0 N–H and O–H groups in total. The van der Waals surface area contributed by atoms with Gasteiger partial charge >= 0.3 is 0 Å². The molecule has 4 aliphatic rings. The van der Waals surface area contributed by atoms with E-state index in [1.165, 1.54) is 77.6 Å². The first-order valence-corrected chi connectivity index (χ1v) is 17.0. The first-order chi connectivity index (χ1) is 23.1. The quantitative estimate of drug-likeness (QED) is 0.195. The fourth-order valence-corrected chi connectivity index (χ4v) is 8.28. The van der Waals surface area contributed by atoms with E-state index in [0.29, 0.717) is 11.8 Å². The molecule has 1 aliphatic heterocycles. The minimum absolute atomic E-state index is 0.320. The molecule has 1 nitrogen and oxygen atoms in total. The number of aliphatic imine (C=N–C) groups is 1. The molecule has 0 spiro atoms. The van der Waals surface area contributed by atoms with Crippen molar-refractivity contribution in [2.75, 3.05) is 0 Å². The zero-order valence-corrected chi connectivity index (χ0v) is 27.0. The van der Waals surface area contributed by atoms with Crippen molar-refractivity contribution in [3.8, 4) is 11.1 Å². The van der Waals surface area contributed by atoms with Gasteiger partial charge in [0.2, 0.25) is 0 Å². The molecule has 226 valence electrons. The highest BCUT2D eigenvalue weighted by Crippen LogP contribution is 2.49. The molecule has 3 aliphatic carbocycles. The van der Waals surface area contributed by atoms with Crippen LogP contribution in [0, 0.1) is 12.8 Å². The van der Waals surface area contributed by atoms with E-state index < -0.39 is 0 Å². The molecule has 0 amide bonds. The summed E-state index contributed by atoms with van der Waals surface area (Å²) in [6.45, 7) is 4.39. The number of rotatable bonds is 3. The fraction of sp³-hybridized carbons (Fsp3) is 0.152. The Labute approximate surface area is 277 Å². The summed E-state index contributed by atoms with van der Waals surface area (Å²) in [5.41, 5.74) is 18.1. The Morgan fingerprint density at radius 2 is 1.51 bits per heavy atom. The lowest BCUT2D eigenvalue weighted by molar-refractivity contribution is 0.633. The second-order valence-electron chi connectivity index (χ2n) is 13.5. The van der Waals surface area contributed by atoms with Gasteiger partial charge in [0.05, 0.1) is 11.4 Å². The van der Waals surface area contributed by atoms with Crippen molar-refractivity contribution < 1.29 is 0 Å². The van der Waals surface area contributed by atoms with Gasteiger partial charge in [-0.05, 0) is 93.6 Å². The van der Waals surface area contributed by atoms with Gasteiger partial charge in [0.25, 0.3) is 0 Å². The molecule has 9 rings (SSSR count). The Bertz CT molecular complexity index is 2300. The Morgan fingerprint density at radius 1 is 0.681 bits per heavy atom. The maximum absolute atomic E-state index is 5.41. The van der Waals surface area contributed by atoms with Gasteiger partial charge in [0.15, 0.2) is 0 Å². The van der Waals surface area contributed by atoms with Crippen LogP contribution >= 0.6 is 0 Å². The van der Waals surface area contributed by atoms with Gasteiger partial charge in [-0.2, -0.15) is 0 Å². The molecule has 1 heterocycles. The molecule has 47 heavy (non-hydrogen) atoms. The third-order valence-corrected chi connectivity index (χ3v) is 10.6. The molecular formula is C46H37N. The van der Waals surface area contributed by atoms with Crippen LogP contribution < -0.4 is 0 Å². The molecular weight excluding hydrogens is 567 g/mol. The molecule has 0 saturated carbocycles. The SMILES string of the molecule is C/C1=C\c2ccccc2CC(C2=CCCC(C3C=Cc4ccc5c(-c6cccc(C)c6)ccc6c5c4C3C=C6)=C2)=Nc2ccccc21. The zero-order valence-electron chi connectivity index (χ0n) is 27.0.